The summed E-state index contributed by atoms with van der Waals surface area (Å²) in [4.78, 5) is 0. The Morgan fingerprint density at radius 3 is 0.863 bits per heavy atom. The van der Waals surface area contributed by atoms with Gasteiger partial charge in [-0.15, -0.1) is 13.2 Å². The number of hydrogen-bond donors (Lipinski definition) is 0. The summed E-state index contributed by atoms with van der Waals surface area (Å²) >= 11 is 0. The Morgan fingerprint density at radius 2 is 0.598 bits per heavy atom. The molecule has 10 aliphatic carbocycles. The Kier molecular flexibility index (Phi) is 26.3. The minimum Gasteiger partial charge on any atom is -0.205 e. The van der Waals surface area contributed by atoms with Crippen LogP contribution in [0.15, 0.2) is 98.1 Å². The fourth-order valence-electron chi connectivity index (χ4n) is 20.6. The van der Waals surface area contributed by atoms with Crippen LogP contribution in [-0.2, 0) is 0 Å². The number of fused-ring (bicyclic) bond motifs is 5. The van der Waals surface area contributed by atoms with Gasteiger partial charge >= 0.3 is 0 Å². The van der Waals surface area contributed by atoms with Crippen LogP contribution in [0.3, 0.4) is 0 Å². The third kappa shape index (κ3) is 23.2. The Balaban J connectivity index is 0.000000159. The average molecular weight is 1620 g/mol. The lowest BCUT2D eigenvalue weighted by Crippen LogP contribution is -2.30. The number of benzene rings is 5. The van der Waals surface area contributed by atoms with E-state index in [-0.39, 0.29) is 87.0 Å². The summed E-state index contributed by atoms with van der Waals surface area (Å²) in [6.45, 7) is 13.9. The summed E-state index contributed by atoms with van der Waals surface area (Å²) in [5, 5.41) is 44.2. The first-order chi connectivity index (χ1) is 62.4. The van der Waals surface area contributed by atoms with Crippen molar-refractivity contribution >= 4 is 0 Å². The van der Waals surface area contributed by atoms with Crippen molar-refractivity contribution < 1.29 is 64.5 Å². The molecule has 10 aliphatic rings. The van der Waals surface area contributed by atoms with Gasteiger partial charge in [-0.1, -0.05) is 95.9 Å². The summed E-state index contributed by atoms with van der Waals surface area (Å²) in [6.07, 6.45) is 20.4. The number of nitriles is 5. The molecule has 5 aromatic rings. The normalized spacial score (nSPS) is 37.4. The molecule has 10 fully saturated rings. The van der Waals surface area contributed by atoms with Gasteiger partial charge in [0.2, 0.25) is 0 Å². The number of nitrogens with zero attached hydrogens (tertiary/aromatic N) is 5. The summed E-state index contributed by atoms with van der Waals surface area (Å²) in [5.74, 6) is -12.0. The average Bonchev–Trinajstić information content (AvgIpc) is 0.758. The zero-order valence-electron chi connectivity index (χ0n) is 82.7. The van der Waals surface area contributed by atoms with E-state index >= 15 is 0 Å². The number of unbranched alkanes of at least 4 members (excludes halogenated alkanes) is 2. The molecule has 5 aromatic carbocycles. The topological polar surface area (TPSA) is 119 Å². The standard InChI is InChI=1S/C22H29F2N.C21H25F2N.C20H25F2N.C20H23F2N.C19H21F2N/c1-2-3-4-5-15-6-7-17-11-18(9-8-16(17)10-15)19-12-21(23)20(14-25)22(24)13-19;1-2-3-4-14-5-6-16-10-17(8-7-15(16)9-14)18-11-20(22)19(13-24)21(23)12-18;2*1-2-3-13-4-5-15-9-16(7-6-14(15)8-13)17-10-19(21)18(12-23)20(22)11-17;1-2-12-3-4-14-8-15(6-5-13(14)7-12)16-9-18(20)17(11-22)19(21)10-16/h12-13,15-18H,2-11H2,1H3;2,11-12,14-17H,1,3-10H2;10-11,13-16H,2-9H2,1H3;2-3,10-11,13-16H,4-9H2,1H3;2,9-10,12-15H,1,3-8H2/b;;;3-2+;/i9D,11D2;8D,10D2;2*7D,9D2;6D,8D2. The monoisotopic (exact) mass is 1620 g/mol. The van der Waals surface area contributed by atoms with E-state index in [4.69, 9.17) is 46.9 Å². The minimum atomic E-state index is -1.71. The molecular weight excluding hydrogens is 1490 g/mol. The lowest BCUT2D eigenvalue weighted by Gasteiger charge is -2.42. The highest BCUT2D eigenvalue weighted by Crippen LogP contribution is 2.54. The maximum Gasteiger partial charge on any atom is 0.144 e. The van der Waals surface area contributed by atoms with Gasteiger partial charge in [-0.25, -0.2) is 43.9 Å². The summed E-state index contributed by atoms with van der Waals surface area (Å²) < 4.78 is 270. The van der Waals surface area contributed by atoms with Crippen LogP contribution >= 0.6 is 0 Å². The van der Waals surface area contributed by atoms with Crippen molar-refractivity contribution in [3.05, 3.63) is 212 Å². The molecule has 10 saturated carbocycles. The van der Waals surface area contributed by atoms with E-state index in [9.17, 15) is 43.9 Å². The van der Waals surface area contributed by atoms with E-state index in [2.05, 4.69) is 33.1 Å². The van der Waals surface area contributed by atoms with Crippen molar-refractivity contribution in [1.29, 1.82) is 26.3 Å². The van der Waals surface area contributed by atoms with E-state index in [1.54, 1.807) is 0 Å². The lowest BCUT2D eigenvalue weighted by molar-refractivity contribution is 0.113. The van der Waals surface area contributed by atoms with E-state index in [0.717, 1.165) is 176 Å². The predicted molar refractivity (Wildman–Crippen MR) is 443 cm³/mol. The fraction of sp³-hybridized carbons (Fsp3) is 0.598. The molecule has 15 heteroatoms. The third-order valence-corrected chi connectivity index (χ3v) is 26.8. The zero-order chi connectivity index (χ0) is 96.7. The largest absolute Gasteiger partial charge is 0.205 e. The fourth-order valence-corrected chi connectivity index (χ4v) is 20.6. The molecule has 25 atom stereocenters. The van der Waals surface area contributed by atoms with Gasteiger partial charge in [0, 0.05) is 20.6 Å². The van der Waals surface area contributed by atoms with Crippen LogP contribution in [0.1, 0.15) is 370 Å². The van der Waals surface area contributed by atoms with Crippen molar-refractivity contribution in [3.8, 4) is 30.3 Å². The molecule has 15 rings (SSSR count). The van der Waals surface area contributed by atoms with Crippen LogP contribution < -0.4 is 0 Å². The van der Waals surface area contributed by atoms with Gasteiger partial charge in [0.15, 0.2) is 0 Å². The summed E-state index contributed by atoms with van der Waals surface area (Å²) in [5.41, 5.74) is -2.49. The first-order valence-corrected chi connectivity index (χ1v) is 42.9. The van der Waals surface area contributed by atoms with Gasteiger partial charge in [0.1, 0.15) is 116 Å². The molecule has 0 radical (unpaired) electrons. The van der Waals surface area contributed by atoms with Crippen molar-refractivity contribution in [3.63, 3.8) is 0 Å². The van der Waals surface area contributed by atoms with Crippen molar-refractivity contribution in [1.82, 2.24) is 0 Å². The Morgan fingerprint density at radius 1 is 0.333 bits per heavy atom. The second-order valence-corrected chi connectivity index (χ2v) is 34.4. The highest BCUT2D eigenvalue weighted by Gasteiger charge is 2.42. The molecule has 5 nitrogen and oxygen atoms in total. The van der Waals surface area contributed by atoms with E-state index < -0.39 is 179 Å². The highest BCUT2D eigenvalue weighted by atomic mass is 19.2. The van der Waals surface area contributed by atoms with Gasteiger partial charge in [-0.3, -0.25) is 0 Å². The summed E-state index contributed by atoms with van der Waals surface area (Å²) in [7, 11) is 0. The van der Waals surface area contributed by atoms with E-state index in [0.29, 0.717) is 68.1 Å². The molecule has 0 aliphatic heterocycles. The first kappa shape index (κ1) is 70.9. The number of halogens is 10. The quantitative estimate of drug-likeness (QED) is 0.0554. The number of rotatable bonds is 16. The van der Waals surface area contributed by atoms with Crippen molar-refractivity contribution in [2.24, 2.45) is 88.8 Å². The molecule has 0 amide bonds. The molecule has 0 saturated heterocycles. The van der Waals surface area contributed by atoms with Crippen LogP contribution in [-0.4, -0.2) is 0 Å². The van der Waals surface area contributed by atoms with Crippen molar-refractivity contribution in [2.75, 3.05) is 0 Å². The molecule has 0 bridgehead atoms. The second-order valence-electron chi connectivity index (χ2n) is 34.4. The Labute approximate surface area is 713 Å². The van der Waals surface area contributed by atoms with Gasteiger partial charge in [-0.05, 0) is 400 Å². The molecule has 117 heavy (non-hydrogen) atoms. The SMILES string of the molecule is [2H]C1CC2CC(/C=C/C)CCC2C([2H])([2H])C1c1cc(F)c(C#N)c(F)c1.[2H]C1CC2CC(C=C)CCC2C([2H])([2H])C1c1cc(F)c(C#N)c(F)c1.[2H]C1CC2CC(CCC)CCC2C([2H])([2H])C1c1cc(F)c(C#N)c(F)c1.[2H]C1CC2CC(CCC=C)CCC2C([2H])([2H])C1c1cc(F)c(C#N)c(F)c1.[2H]C1CC2CC(CCCCC)CCC2C([2H])([2H])C1c1cc(F)c(C#N)c(F)c1. The molecule has 626 valence electrons. The molecule has 0 N–H and O–H groups in total. The zero-order valence-corrected chi connectivity index (χ0v) is 67.7. The van der Waals surface area contributed by atoms with Gasteiger partial charge in [0.05, 0.1) is 0 Å². The minimum absolute atomic E-state index is 0.0959. The molecule has 0 aromatic heterocycles. The third-order valence-electron chi connectivity index (χ3n) is 26.8. The van der Waals surface area contributed by atoms with Gasteiger partial charge in [-0.2, -0.15) is 26.3 Å². The summed E-state index contributed by atoms with van der Waals surface area (Å²) in [6, 6.07) is 17.9. The lowest BCUT2D eigenvalue weighted by atomic mass is 9.63. The van der Waals surface area contributed by atoms with Crippen LogP contribution in [0.2, 0.25) is 0 Å². The van der Waals surface area contributed by atoms with E-state index in [1.165, 1.54) is 56.0 Å². The maximum absolute atomic E-state index is 14.1. The number of allylic oxidation sites excluding steroid dienone is 4. The molecular formula is C102H123F10N5. The smallest absolute Gasteiger partial charge is 0.144 e. The number of hydrogen-bond acceptors (Lipinski definition) is 5. The van der Waals surface area contributed by atoms with Gasteiger partial charge in [0.25, 0.3) is 0 Å². The molecule has 0 spiro atoms. The first-order valence-electron chi connectivity index (χ1n) is 50.8. The maximum atomic E-state index is 14.1. The van der Waals surface area contributed by atoms with Crippen LogP contribution in [0.5, 0.6) is 0 Å². The Hall–Kier alpha value is -7.93. The van der Waals surface area contributed by atoms with Crippen LogP contribution in [0.25, 0.3) is 0 Å². The van der Waals surface area contributed by atoms with Gasteiger partial charge < -0.3 is 0 Å². The molecule has 0 heterocycles. The van der Waals surface area contributed by atoms with Crippen LogP contribution in [0, 0.1) is 204 Å². The highest BCUT2D eigenvalue weighted by molar-refractivity contribution is 5.41. The second kappa shape index (κ2) is 43.3. The van der Waals surface area contributed by atoms with Crippen LogP contribution in [0.4, 0.5) is 43.9 Å². The Bertz CT molecular complexity index is 5040. The van der Waals surface area contributed by atoms with E-state index in [1.807, 2.05) is 25.2 Å². The van der Waals surface area contributed by atoms with Crippen molar-refractivity contribution in [2.45, 2.75) is 294 Å². The molecule has 25 unspecified atom stereocenters. The predicted octanol–water partition coefficient (Wildman–Crippen LogP) is 29.8.